The molecule has 2 N–H and O–H groups in total. The molecule has 0 aliphatic rings. The monoisotopic (exact) mass is 230 g/mol. The number of rotatable bonds is 7. The zero-order valence-corrected chi connectivity index (χ0v) is 10.5. The average Bonchev–Trinajstić information content (AvgIpc) is 2.17. The Kier molecular flexibility index (Phi) is 5.48. The molecule has 94 valence electrons. The van der Waals surface area contributed by atoms with Crippen LogP contribution in [0.15, 0.2) is 0 Å². The maximum atomic E-state index is 11.0. The molecule has 4 heteroatoms. The number of carboxylic acids is 2. The summed E-state index contributed by atoms with van der Waals surface area (Å²) in [5.74, 6) is -3.67. The summed E-state index contributed by atoms with van der Waals surface area (Å²) in [6.07, 6.45) is 2.11. The van der Waals surface area contributed by atoms with Gasteiger partial charge in [0.05, 0.1) is 11.8 Å². The van der Waals surface area contributed by atoms with Gasteiger partial charge in [-0.2, -0.15) is 0 Å². The second-order valence-electron chi connectivity index (χ2n) is 5.13. The molecular weight excluding hydrogens is 208 g/mol. The lowest BCUT2D eigenvalue weighted by Crippen LogP contribution is -2.29. The summed E-state index contributed by atoms with van der Waals surface area (Å²) in [7, 11) is 0. The summed E-state index contributed by atoms with van der Waals surface area (Å²) in [5.41, 5.74) is 0.0753. The van der Waals surface area contributed by atoms with E-state index >= 15 is 0 Å². The smallest absolute Gasteiger partial charge is 0.307 e. The molecular formula is C12H22O4. The van der Waals surface area contributed by atoms with Crippen molar-refractivity contribution in [2.75, 3.05) is 0 Å². The van der Waals surface area contributed by atoms with Gasteiger partial charge in [-0.05, 0) is 18.3 Å². The summed E-state index contributed by atoms with van der Waals surface area (Å²) in [6, 6.07) is 0. The van der Waals surface area contributed by atoms with Gasteiger partial charge in [-0.1, -0.05) is 34.1 Å². The van der Waals surface area contributed by atoms with Gasteiger partial charge >= 0.3 is 11.9 Å². The molecule has 0 aromatic carbocycles. The summed E-state index contributed by atoms with van der Waals surface area (Å²) in [6.45, 7) is 7.64. The predicted octanol–water partition coefficient (Wildman–Crippen LogP) is 2.62. The van der Waals surface area contributed by atoms with Crippen molar-refractivity contribution in [1.29, 1.82) is 0 Å². The van der Waals surface area contributed by atoms with Gasteiger partial charge in [0.25, 0.3) is 0 Å². The Labute approximate surface area is 96.7 Å². The number of carbonyl (C=O) groups is 2. The summed E-state index contributed by atoms with van der Waals surface area (Å²) < 4.78 is 0. The molecule has 0 aliphatic heterocycles. The minimum absolute atomic E-state index is 0.0753. The van der Waals surface area contributed by atoms with Crippen LogP contribution in [0.5, 0.6) is 0 Å². The van der Waals surface area contributed by atoms with E-state index in [-0.39, 0.29) is 5.41 Å². The van der Waals surface area contributed by atoms with Crippen molar-refractivity contribution < 1.29 is 19.8 Å². The van der Waals surface area contributed by atoms with Crippen LogP contribution in [-0.2, 0) is 9.59 Å². The standard InChI is InChI=1S/C12H22O4/c1-5-12(3,4)7-6-9(11(15)16)8(2)10(13)14/h8-9H,5-7H2,1-4H3,(H,13,14)(H,15,16). The van der Waals surface area contributed by atoms with Crippen molar-refractivity contribution >= 4 is 11.9 Å². The first-order valence-electron chi connectivity index (χ1n) is 5.67. The number of carboxylic acid groups (broad SMARTS) is 2. The van der Waals surface area contributed by atoms with Crippen molar-refractivity contribution in [3.8, 4) is 0 Å². The molecule has 0 amide bonds. The van der Waals surface area contributed by atoms with Crippen LogP contribution in [0, 0.1) is 17.3 Å². The van der Waals surface area contributed by atoms with E-state index in [9.17, 15) is 9.59 Å². The van der Waals surface area contributed by atoms with Crippen molar-refractivity contribution in [3.63, 3.8) is 0 Å². The van der Waals surface area contributed by atoms with Crippen LogP contribution in [0.4, 0.5) is 0 Å². The fourth-order valence-corrected chi connectivity index (χ4v) is 1.48. The second kappa shape index (κ2) is 5.87. The second-order valence-corrected chi connectivity index (χ2v) is 5.13. The van der Waals surface area contributed by atoms with Gasteiger partial charge in [-0.3, -0.25) is 9.59 Å². The molecule has 0 fully saturated rings. The summed E-state index contributed by atoms with van der Waals surface area (Å²) >= 11 is 0. The first-order valence-corrected chi connectivity index (χ1v) is 5.67. The first kappa shape index (κ1) is 14.9. The molecule has 0 radical (unpaired) electrons. The molecule has 0 spiro atoms. The highest BCUT2D eigenvalue weighted by Gasteiger charge is 2.31. The Hall–Kier alpha value is -1.06. The molecule has 0 heterocycles. The Bertz CT molecular complexity index is 258. The van der Waals surface area contributed by atoms with E-state index < -0.39 is 23.8 Å². The Morgan fingerprint density at radius 2 is 1.69 bits per heavy atom. The molecule has 0 aromatic heterocycles. The molecule has 0 saturated carbocycles. The highest BCUT2D eigenvalue weighted by molar-refractivity contribution is 5.79. The lowest BCUT2D eigenvalue weighted by molar-refractivity contribution is -0.153. The van der Waals surface area contributed by atoms with Crippen molar-refractivity contribution in [2.24, 2.45) is 17.3 Å². The van der Waals surface area contributed by atoms with E-state index in [1.165, 1.54) is 6.92 Å². The fourth-order valence-electron chi connectivity index (χ4n) is 1.48. The lowest BCUT2D eigenvalue weighted by atomic mass is 9.79. The van der Waals surface area contributed by atoms with Crippen LogP contribution in [0.3, 0.4) is 0 Å². The van der Waals surface area contributed by atoms with Crippen LogP contribution in [0.2, 0.25) is 0 Å². The van der Waals surface area contributed by atoms with Crippen LogP contribution in [-0.4, -0.2) is 22.2 Å². The van der Waals surface area contributed by atoms with E-state index in [1.807, 2.05) is 0 Å². The number of aliphatic carboxylic acids is 2. The largest absolute Gasteiger partial charge is 0.481 e. The number of hydrogen-bond donors (Lipinski definition) is 2. The van der Waals surface area contributed by atoms with E-state index in [4.69, 9.17) is 10.2 Å². The van der Waals surface area contributed by atoms with Crippen molar-refractivity contribution in [2.45, 2.75) is 47.0 Å². The third-order valence-corrected chi connectivity index (χ3v) is 3.40. The zero-order valence-electron chi connectivity index (χ0n) is 10.5. The minimum atomic E-state index is -1.04. The Balaban J connectivity index is 4.48. The molecule has 0 bridgehead atoms. The third kappa shape index (κ3) is 4.64. The van der Waals surface area contributed by atoms with Gasteiger partial charge < -0.3 is 10.2 Å². The summed E-state index contributed by atoms with van der Waals surface area (Å²) in [4.78, 5) is 21.8. The lowest BCUT2D eigenvalue weighted by Gasteiger charge is -2.25. The maximum absolute atomic E-state index is 11.0. The molecule has 0 rings (SSSR count). The quantitative estimate of drug-likeness (QED) is 0.705. The Morgan fingerprint density at radius 1 is 1.19 bits per heavy atom. The van der Waals surface area contributed by atoms with Gasteiger partial charge in [-0.15, -0.1) is 0 Å². The maximum Gasteiger partial charge on any atom is 0.307 e. The first-order chi connectivity index (χ1) is 7.21. The highest BCUT2D eigenvalue weighted by atomic mass is 16.4. The van der Waals surface area contributed by atoms with E-state index in [0.29, 0.717) is 6.42 Å². The molecule has 0 aliphatic carbocycles. The van der Waals surface area contributed by atoms with E-state index in [1.54, 1.807) is 0 Å². The zero-order chi connectivity index (χ0) is 12.9. The van der Waals surface area contributed by atoms with E-state index in [0.717, 1.165) is 12.8 Å². The molecule has 0 aromatic rings. The van der Waals surface area contributed by atoms with Crippen molar-refractivity contribution in [1.82, 2.24) is 0 Å². The van der Waals surface area contributed by atoms with Crippen molar-refractivity contribution in [3.05, 3.63) is 0 Å². The van der Waals surface area contributed by atoms with Crippen LogP contribution >= 0.6 is 0 Å². The van der Waals surface area contributed by atoms with Gasteiger partial charge in [-0.25, -0.2) is 0 Å². The number of hydrogen-bond acceptors (Lipinski definition) is 2. The Morgan fingerprint density at radius 3 is 2.00 bits per heavy atom. The minimum Gasteiger partial charge on any atom is -0.481 e. The SMILES string of the molecule is CCC(C)(C)CCC(C(=O)O)C(C)C(=O)O. The molecule has 2 atom stereocenters. The molecule has 2 unspecified atom stereocenters. The van der Waals surface area contributed by atoms with Crippen LogP contribution < -0.4 is 0 Å². The topological polar surface area (TPSA) is 74.6 Å². The normalized spacial score (nSPS) is 15.5. The average molecular weight is 230 g/mol. The summed E-state index contributed by atoms with van der Waals surface area (Å²) in [5, 5.41) is 17.8. The highest BCUT2D eigenvalue weighted by Crippen LogP contribution is 2.30. The van der Waals surface area contributed by atoms with Gasteiger partial charge in [0, 0.05) is 0 Å². The molecule has 16 heavy (non-hydrogen) atoms. The van der Waals surface area contributed by atoms with Crippen LogP contribution in [0.1, 0.15) is 47.0 Å². The van der Waals surface area contributed by atoms with Gasteiger partial charge in [0.2, 0.25) is 0 Å². The molecule has 0 saturated heterocycles. The molecule has 4 nitrogen and oxygen atoms in total. The van der Waals surface area contributed by atoms with E-state index in [2.05, 4.69) is 20.8 Å². The fraction of sp³-hybridized carbons (Fsp3) is 0.833. The van der Waals surface area contributed by atoms with Gasteiger partial charge in [0.1, 0.15) is 0 Å². The predicted molar refractivity (Wildman–Crippen MR) is 61.2 cm³/mol. The third-order valence-electron chi connectivity index (χ3n) is 3.40. The van der Waals surface area contributed by atoms with Gasteiger partial charge in [0.15, 0.2) is 0 Å². The van der Waals surface area contributed by atoms with Crippen LogP contribution in [0.25, 0.3) is 0 Å².